The Morgan fingerprint density at radius 2 is 1.14 bits per heavy atom. The molecular weight excluding hydrogens is 367 g/mol. The van der Waals surface area contributed by atoms with E-state index in [1.165, 1.54) is 51.8 Å². The van der Waals surface area contributed by atoms with Gasteiger partial charge in [0, 0.05) is 0 Å². The zero-order valence-electron chi connectivity index (χ0n) is 15.1. The van der Waals surface area contributed by atoms with E-state index in [-0.39, 0.29) is 4.31 Å². The molecule has 1 saturated heterocycles. The molecule has 0 unspecified atom stereocenters. The molecule has 0 N–H and O–H groups in total. The number of hydrogen-bond donors (Lipinski definition) is 0. The molecule has 0 bridgehead atoms. The Kier molecular flexibility index (Phi) is 9.87. The first kappa shape index (κ1) is 19.8. The van der Waals surface area contributed by atoms with Gasteiger partial charge in [0.1, 0.15) is 0 Å². The molecule has 0 saturated carbocycles. The number of unbranched alkanes of at least 4 members (excludes halogenated alkanes) is 3. The molecule has 0 amide bonds. The van der Waals surface area contributed by atoms with Crippen molar-refractivity contribution in [3.8, 4) is 0 Å². The number of hydrogen-bond acceptors (Lipinski definition) is 2. The van der Waals surface area contributed by atoms with Gasteiger partial charge in [0.25, 0.3) is 0 Å². The minimum absolute atomic E-state index is 0.225. The Morgan fingerprint density at radius 3 is 1.48 bits per heavy atom. The summed E-state index contributed by atoms with van der Waals surface area (Å²) in [6.07, 6.45) is 9.94. The molecule has 2 nitrogen and oxygen atoms in total. The summed E-state index contributed by atoms with van der Waals surface area (Å²) in [5.41, 5.74) is 0. The van der Waals surface area contributed by atoms with Gasteiger partial charge in [-0.05, 0) is 0 Å². The summed E-state index contributed by atoms with van der Waals surface area (Å²) in [5.74, 6) is 0. The van der Waals surface area contributed by atoms with Gasteiger partial charge in [0.2, 0.25) is 0 Å². The maximum absolute atomic E-state index is 6.38. The van der Waals surface area contributed by atoms with Gasteiger partial charge in [-0.3, -0.25) is 0 Å². The molecule has 0 spiro atoms. The maximum atomic E-state index is 6.38. The monoisotopic (exact) mass is 406 g/mol. The third-order valence-corrected chi connectivity index (χ3v) is 20.1. The molecule has 2 atom stereocenters. The zero-order chi connectivity index (χ0) is 15.7. The summed E-state index contributed by atoms with van der Waals surface area (Å²) >= 11 is -2.37. The molecule has 1 fully saturated rings. The van der Waals surface area contributed by atoms with Crippen molar-refractivity contribution in [2.45, 2.75) is 109 Å². The SMILES string of the molecule is CCC[CH2][Sn]([CH2]CCC)([CH2]CCC)[CH]1O[C@@H](C)C[C@H](C)O1. The molecular formula is C18H38O2Sn. The van der Waals surface area contributed by atoms with Gasteiger partial charge in [-0.2, -0.15) is 0 Å². The average molecular weight is 405 g/mol. The van der Waals surface area contributed by atoms with E-state index in [1.807, 2.05) is 0 Å². The summed E-state index contributed by atoms with van der Waals surface area (Å²) in [5, 5.41) is 0. The van der Waals surface area contributed by atoms with Crippen molar-refractivity contribution in [3.63, 3.8) is 0 Å². The van der Waals surface area contributed by atoms with Gasteiger partial charge >= 0.3 is 137 Å². The predicted octanol–water partition coefficient (Wildman–Crippen LogP) is 5.91. The van der Waals surface area contributed by atoms with E-state index in [0.29, 0.717) is 12.2 Å². The van der Waals surface area contributed by atoms with Gasteiger partial charge in [-0.15, -0.1) is 0 Å². The molecule has 1 aliphatic rings. The van der Waals surface area contributed by atoms with Crippen molar-refractivity contribution in [2.75, 3.05) is 0 Å². The van der Waals surface area contributed by atoms with E-state index in [2.05, 4.69) is 34.6 Å². The van der Waals surface area contributed by atoms with Crippen LogP contribution in [0.2, 0.25) is 13.3 Å². The van der Waals surface area contributed by atoms with E-state index >= 15 is 0 Å². The second-order valence-corrected chi connectivity index (χ2v) is 20.5. The van der Waals surface area contributed by atoms with Crippen LogP contribution in [0.15, 0.2) is 0 Å². The molecule has 0 aromatic heterocycles. The van der Waals surface area contributed by atoms with E-state index in [4.69, 9.17) is 9.47 Å². The van der Waals surface area contributed by atoms with Crippen LogP contribution in [0.1, 0.15) is 79.6 Å². The Morgan fingerprint density at radius 1 is 0.762 bits per heavy atom. The van der Waals surface area contributed by atoms with E-state index in [9.17, 15) is 0 Å². The van der Waals surface area contributed by atoms with E-state index in [0.717, 1.165) is 6.42 Å². The van der Waals surface area contributed by atoms with Gasteiger partial charge in [0.05, 0.1) is 0 Å². The van der Waals surface area contributed by atoms with E-state index < -0.39 is 18.4 Å². The normalized spacial score (nSPS) is 27.0. The minimum atomic E-state index is -2.37. The van der Waals surface area contributed by atoms with Crippen LogP contribution < -0.4 is 0 Å². The zero-order valence-corrected chi connectivity index (χ0v) is 18.0. The van der Waals surface area contributed by atoms with Crippen LogP contribution in [0.4, 0.5) is 0 Å². The van der Waals surface area contributed by atoms with Crippen LogP contribution in [0.3, 0.4) is 0 Å². The number of ether oxygens (including phenoxy) is 2. The van der Waals surface area contributed by atoms with Crippen LogP contribution in [-0.2, 0) is 9.47 Å². The van der Waals surface area contributed by atoms with Gasteiger partial charge in [-0.25, -0.2) is 0 Å². The van der Waals surface area contributed by atoms with Crippen LogP contribution >= 0.6 is 0 Å². The Balaban J connectivity index is 2.87. The van der Waals surface area contributed by atoms with Crippen LogP contribution in [0, 0.1) is 0 Å². The second kappa shape index (κ2) is 10.5. The second-order valence-electron chi connectivity index (χ2n) is 7.13. The summed E-state index contributed by atoms with van der Waals surface area (Å²) in [6.45, 7) is 11.4. The first-order chi connectivity index (χ1) is 10.1. The quantitative estimate of drug-likeness (QED) is 0.421. The third kappa shape index (κ3) is 6.39. The summed E-state index contributed by atoms with van der Waals surface area (Å²) in [4.78, 5) is 0. The summed E-state index contributed by atoms with van der Waals surface area (Å²) in [6, 6.07) is 0. The van der Waals surface area contributed by atoms with Crippen LogP contribution in [-0.4, -0.2) is 34.9 Å². The van der Waals surface area contributed by atoms with Crippen molar-refractivity contribution in [1.29, 1.82) is 0 Å². The molecule has 0 aliphatic carbocycles. The van der Waals surface area contributed by atoms with Crippen molar-refractivity contribution in [1.82, 2.24) is 0 Å². The van der Waals surface area contributed by atoms with Gasteiger partial charge in [-0.1, -0.05) is 0 Å². The Hall–Kier alpha value is 0.719. The fourth-order valence-electron chi connectivity index (χ4n) is 3.64. The summed E-state index contributed by atoms with van der Waals surface area (Å²) < 4.78 is 17.4. The van der Waals surface area contributed by atoms with Crippen LogP contribution in [0.5, 0.6) is 0 Å². The van der Waals surface area contributed by atoms with Crippen LogP contribution in [0.25, 0.3) is 0 Å². The van der Waals surface area contributed by atoms with Gasteiger partial charge in [0.15, 0.2) is 0 Å². The van der Waals surface area contributed by atoms with Crippen molar-refractivity contribution < 1.29 is 9.47 Å². The fourth-order valence-corrected chi connectivity index (χ4v) is 19.8. The van der Waals surface area contributed by atoms with Crippen molar-refractivity contribution in [3.05, 3.63) is 0 Å². The molecule has 0 radical (unpaired) electrons. The Bertz CT molecular complexity index is 238. The topological polar surface area (TPSA) is 18.5 Å². The van der Waals surface area contributed by atoms with Crippen molar-refractivity contribution >= 4 is 18.4 Å². The molecule has 1 rings (SSSR count). The Labute approximate surface area is 137 Å². The summed E-state index contributed by atoms with van der Waals surface area (Å²) in [7, 11) is 0. The van der Waals surface area contributed by atoms with Crippen molar-refractivity contribution in [2.24, 2.45) is 0 Å². The molecule has 0 aromatic rings. The third-order valence-electron chi connectivity index (χ3n) is 4.96. The number of rotatable bonds is 10. The fraction of sp³-hybridized carbons (Fsp3) is 1.00. The predicted molar refractivity (Wildman–Crippen MR) is 94.4 cm³/mol. The van der Waals surface area contributed by atoms with E-state index in [1.54, 1.807) is 0 Å². The molecule has 126 valence electrons. The average Bonchev–Trinajstić information content (AvgIpc) is 2.46. The first-order valence-electron chi connectivity index (χ1n) is 9.38. The van der Waals surface area contributed by atoms with Gasteiger partial charge < -0.3 is 0 Å². The first-order valence-corrected chi connectivity index (χ1v) is 17.1. The molecule has 3 heteroatoms. The molecule has 21 heavy (non-hydrogen) atoms. The molecule has 1 heterocycles. The molecule has 0 aromatic carbocycles. The standard InChI is InChI=1S/C6H11O2.3C4H9.Sn/c1-5-3-6(2)8-4-7-5;3*1-3-4-2;/h4-6H,3H2,1-2H3;3*1,3-4H2,2H3;/t5-,6-;;;;/m0..../s1. The molecule has 1 aliphatic heterocycles.